The number of nitrogens with one attached hydrogen (secondary N) is 1. The summed E-state index contributed by atoms with van der Waals surface area (Å²) in [6.07, 6.45) is 0.583. The van der Waals surface area contributed by atoms with Crippen molar-refractivity contribution in [2.24, 2.45) is 5.41 Å². The quantitative estimate of drug-likeness (QED) is 0.403. The van der Waals surface area contributed by atoms with Gasteiger partial charge in [-0.25, -0.2) is 0 Å². The maximum Gasteiger partial charge on any atom is 0.164 e. The minimum absolute atomic E-state index is 0.150. The van der Waals surface area contributed by atoms with E-state index in [9.17, 15) is 4.79 Å². The first-order chi connectivity index (χ1) is 3.48. The first-order valence-electron chi connectivity index (χ1n) is 2.52. The standard InChI is InChI=1S/C6H11NO/c1-6(2,3)5(7)4-8/h4,7H,1-3H3. The third-order valence-electron chi connectivity index (χ3n) is 0.926. The van der Waals surface area contributed by atoms with E-state index in [0.29, 0.717) is 6.29 Å². The van der Waals surface area contributed by atoms with Crippen molar-refractivity contribution in [3.8, 4) is 0 Å². The van der Waals surface area contributed by atoms with Gasteiger partial charge in [-0.2, -0.15) is 0 Å². The van der Waals surface area contributed by atoms with Crippen LogP contribution in [0, 0.1) is 10.8 Å². The Bertz CT molecular complexity index is 110. The zero-order valence-electron chi connectivity index (χ0n) is 5.49. The van der Waals surface area contributed by atoms with Crippen LogP contribution < -0.4 is 0 Å². The molecule has 0 heterocycles. The lowest BCUT2D eigenvalue weighted by Crippen LogP contribution is -2.19. The fourth-order valence-electron chi connectivity index (χ4n) is 0.177. The van der Waals surface area contributed by atoms with Crippen LogP contribution in [0.25, 0.3) is 0 Å². The van der Waals surface area contributed by atoms with Crippen LogP contribution in [-0.4, -0.2) is 12.0 Å². The van der Waals surface area contributed by atoms with E-state index in [1.807, 2.05) is 20.8 Å². The lowest BCUT2D eigenvalue weighted by molar-refractivity contribution is -0.103. The number of rotatable bonds is 1. The second kappa shape index (κ2) is 2.07. The van der Waals surface area contributed by atoms with Crippen molar-refractivity contribution in [3.63, 3.8) is 0 Å². The summed E-state index contributed by atoms with van der Waals surface area (Å²) in [5.41, 5.74) is -0.126. The first kappa shape index (κ1) is 7.34. The molecular weight excluding hydrogens is 102 g/mol. The van der Waals surface area contributed by atoms with E-state index < -0.39 is 0 Å². The van der Waals surface area contributed by atoms with Gasteiger partial charge in [0, 0.05) is 5.41 Å². The topological polar surface area (TPSA) is 40.9 Å². The van der Waals surface area contributed by atoms with Gasteiger partial charge in [-0.3, -0.25) is 4.79 Å². The van der Waals surface area contributed by atoms with Crippen LogP contribution in [-0.2, 0) is 4.79 Å². The Morgan fingerprint density at radius 1 is 1.50 bits per heavy atom. The molecule has 0 saturated heterocycles. The van der Waals surface area contributed by atoms with Gasteiger partial charge in [0.05, 0.1) is 5.71 Å². The van der Waals surface area contributed by atoms with E-state index in [1.165, 1.54) is 0 Å². The Labute approximate surface area is 49.4 Å². The molecule has 0 spiro atoms. The molecule has 0 unspecified atom stereocenters. The molecule has 1 N–H and O–H groups in total. The predicted octanol–water partition coefficient (Wildman–Crippen LogP) is 1.25. The van der Waals surface area contributed by atoms with Crippen LogP contribution in [0.4, 0.5) is 0 Å². The highest BCUT2D eigenvalue weighted by molar-refractivity contribution is 6.28. The monoisotopic (exact) mass is 113 g/mol. The van der Waals surface area contributed by atoms with Crippen molar-refractivity contribution in [2.75, 3.05) is 0 Å². The SMILES string of the molecule is CC(C)(C)C(=N)C=O. The minimum Gasteiger partial charge on any atom is -0.301 e. The molecule has 0 aliphatic carbocycles. The van der Waals surface area contributed by atoms with Gasteiger partial charge >= 0.3 is 0 Å². The highest BCUT2D eigenvalue weighted by atomic mass is 16.1. The maximum atomic E-state index is 9.93. The summed E-state index contributed by atoms with van der Waals surface area (Å²) in [5.74, 6) is 0. The molecule has 0 aliphatic heterocycles. The van der Waals surface area contributed by atoms with Crippen LogP contribution in [0.1, 0.15) is 20.8 Å². The molecule has 0 fully saturated rings. The van der Waals surface area contributed by atoms with Crippen LogP contribution in [0.15, 0.2) is 0 Å². The van der Waals surface area contributed by atoms with Crippen molar-refractivity contribution in [1.29, 1.82) is 5.41 Å². The Kier molecular flexibility index (Phi) is 1.90. The van der Waals surface area contributed by atoms with Gasteiger partial charge in [0.2, 0.25) is 0 Å². The van der Waals surface area contributed by atoms with E-state index in [4.69, 9.17) is 5.41 Å². The predicted molar refractivity (Wildman–Crippen MR) is 33.2 cm³/mol. The molecule has 8 heavy (non-hydrogen) atoms. The lowest BCUT2D eigenvalue weighted by Gasteiger charge is -2.13. The van der Waals surface area contributed by atoms with Crippen molar-refractivity contribution in [3.05, 3.63) is 0 Å². The molecule has 0 aliphatic rings. The molecule has 46 valence electrons. The normalized spacial score (nSPS) is 10.9. The molecular formula is C6H11NO. The molecule has 0 atom stereocenters. The van der Waals surface area contributed by atoms with Gasteiger partial charge in [0.15, 0.2) is 6.29 Å². The van der Waals surface area contributed by atoms with Crippen LogP contribution in [0.5, 0.6) is 0 Å². The molecule has 2 nitrogen and oxygen atoms in total. The molecule has 0 saturated carbocycles. The van der Waals surface area contributed by atoms with Crippen LogP contribution >= 0.6 is 0 Å². The smallest absolute Gasteiger partial charge is 0.164 e. The van der Waals surface area contributed by atoms with Crippen molar-refractivity contribution in [2.45, 2.75) is 20.8 Å². The Morgan fingerprint density at radius 3 is 1.88 bits per heavy atom. The van der Waals surface area contributed by atoms with Gasteiger partial charge in [-0.05, 0) is 0 Å². The summed E-state index contributed by atoms with van der Waals surface area (Å²) in [5, 5.41) is 7.02. The van der Waals surface area contributed by atoms with Crippen LogP contribution in [0.3, 0.4) is 0 Å². The van der Waals surface area contributed by atoms with Crippen molar-refractivity contribution in [1.82, 2.24) is 0 Å². The zero-order valence-corrected chi connectivity index (χ0v) is 5.49. The molecule has 2 heteroatoms. The Morgan fingerprint density at radius 2 is 1.88 bits per heavy atom. The second-order valence-corrected chi connectivity index (χ2v) is 2.78. The number of carbonyl (C=O) groups excluding carboxylic acids is 1. The van der Waals surface area contributed by atoms with Gasteiger partial charge in [-0.15, -0.1) is 0 Å². The molecule has 0 amide bonds. The molecule has 0 aromatic rings. The van der Waals surface area contributed by atoms with E-state index in [0.717, 1.165) is 0 Å². The van der Waals surface area contributed by atoms with E-state index in [2.05, 4.69) is 0 Å². The van der Waals surface area contributed by atoms with Gasteiger partial charge in [0.1, 0.15) is 0 Å². The molecule has 0 radical (unpaired) electrons. The number of hydrogen-bond donors (Lipinski definition) is 1. The van der Waals surface area contributed by atoms with Crippen molar-refractivity contribution >= 4 is 12.0 Å². The molecule has 0 bridgehead atoms. The molecule has 0 rings (SSSR count). The van der Waals surface area contributed by atoms with E-state index >= 15 is 0 Å². The Balaban J connectivity index is 4.02. The zero-order chi connectivity index (χ0) is 6.78. The number of hydrogen-bond acceptors (Lipinski definition) is 2. The molecule has 0 aromatic heterocycles. The Hall–Kier alpha value is -0.660. The third kappa shape index (κ3) is 1.87. The fraction of sp³-hybridized carbons (Fsp3) is 0.667. The maximum absolute atomic E-state index is 9.93. The highest BCUT2D eigenvalue weighted by Gasteiger charge is 2.15. The highest BCUT2D eigenvalue weighted by Crippen LogP contribution is 2.12. The summed E-state index contributed by atoms with van der Waals surface area (Å²) in [6.45, 7) is 5.51. The minimum atomic E-state index is -0.276. The van der Waals surface area contributed by atoms with Gasteiger partial charge in [-0.1, -0.05) is 20.8 Å². The van der Waals surface area contributed by atoms with Crippen molar-refractivity contribution < 1.29 is 4.79 Å². The van der Waals surface area contributed by atoms with E-state index in [1.54, 1.807) is 0 Å². The lowest BCUT2D eigenvalue weighted by atomic mass is 9.91. The van der Waals surface area contributed by atoms with Gasteiger partial charge in [0.25, 0.3) is 0 Å². The summed E-state index contributed by atoms with van der Waals surface area (Å²) < 4.78 is 0. The van der Waals surface area contributed by atoms with E-state index in [-0.39, 0.29) is 11.1 Å². The first-order valence-corrected chi connectivity index (χ1v) is 2.52. The summed E-state index contributed by atoms with van der Waals surface area (Å²) in [7, 11) is 0. The number of carbonyl (C=O) groups is 1. The van der Waals surface area contributed by atoms with Crippen LogP contribution in [0.2, 0.25) is 0 Å². The third-order valence-corrected chi connectivity index (χ3v) is 0.926. The fourth-order valence-corrected chi connectivity index (χ4v) is 0.177. The summed E-state index contributed by atoms with van der Waals surface area (Å²) >= 11 is 0. The largest absolute Gasteiger partial charge is 0.301 e. The average Bonchev–Trinajstić information content (AvgIpc) is 1.62. The van der Waals surface area contributed by atoms with Gasteiger partial charge < -0.3 is 5.41 Å². The summed E-state index contributed by atoms with van der Waals surface area (Å²) in [6, 6.07) is 0. The second-order valence-electron chi connectivity index (χ2n) is 2.78. The molecule has 0 aromatic carbocycles. The number of aldehydes is 1. The average molecular weight is 113 g/mol. The summed E-state index contributed by atoms with van der Waals surface area (Å²) in [4.78, 5) is 9.93.